The fourth-order valence-electron chi connectivity index (χ4n) is 1.25. The number of pyridine rings is 1. The molecule has 17 heavy (non-hydrogen) atoms. The lowest BCUT2D eigenvalue weighted by Gasteiger charge is -2.06. The first kappa shape index (κ1) is 12.3. The third kappa shape index (κ3) is 3.41. The lowest BCUT2D eigenvalue weighted by molar-refractivity contribution is 0.300. The average Bonchev–Trinajstić information content (AvgIpc) is 2.31. The molecule has 2 nitrogen and oxygen atoms in total. The number of halogens is 3. The van der Waals surface area contributed by atoms with Crippen molar-refractivity contribution >= 4 is 27.5 Å². The van der Waals surface area contributed by atoms with Gasteiger partial charge in [0, 0.05) is 11.2 Å². The maximum atomic E-state index is 13.0. The van der Waals surface area contributed by atoms with Crippen LogP contribution in [0.5, 0.6) is 5.75 Å². The van der Waals surface area contributed by atoms with Gasteiger partial charge in [-0.1, -0.05) is 11.6 Å². The summed E-state index contributed by atoms with van der Waals surface area (Å²) >= 11 is 8.91. The summed E-state index contributed by atoms with van der Waals surface area (Å²) in [4.78, 5) is 4.10. The number of nitrogens with zero attached hydrogens (tertiary/aromatic N) is 1. The predicted molar refractivity (Wildman–Crippen MR) is 67.7 cm³/mol. The van der Waals surface area contributed by atoms with E-state index in [1.807, 2.05) is 0 Å². The molecule has 1 heterocycles. The molecule has 0 N–H and O–H groups in total. The Hall–Kier alpha value is -1.13. The van der Waals surface area contributed by atoms with Gasteiger partial charge in [0.2, 0.25) is 0 Å². The SMILES string of the molecule is Fc1ccc(OCc2cc(Cl)ccn2)cc1Br. The highest BCUT2D eigenvalue weighted by Crippen LogP contribution is 2.22. The zero-order valence-electron chi connectivity index (χ0n) is 8.66. The van der Waals surface area contributed by atoms with Crippen LogP contribution in [0.15, 0.2) is 41.0 Å². The summed E-state index contributed by atoms with van der Waals surface area (Å²) < 4.78 is 18.8. The van der Waals surface area contributed by atoms with Crippen LogP contribution >= 0.6 is 27.5 Å². The molecule has 0 aliphatic carbocycles. The Bertz CT molecular complexity index is 536. The van der Waals surface area contributed by atoms with Crippen molar-refractivity contribution < 1.29 is 9.13 Å². The van der Waals surface area contributed by atoms with E-state index >= 15 is 0 Å². The fourth-order valence-corrected chi connectivity index (χ4v) is 1.79. The highest BCUT2D eigenvalue weighted by atomic mass is 79.9. The minimum Gasteiger partial charge on any atom is -0.487 e. The van der Waals surface area contributed by atoms with Gasteiger partial charge in [0.15, 0.2) is 0 Å². The van der Waals surface area contributed by atoms with Gasteiger partial charge < -0.3 is 4.74 Å². The number of rotatable bonds is 3. The van der Waals surface area contributed by atoms with Gasteiger partial charge in [-0.05, 0) is 46.3 Å². The van der Waals surface area contributed by atoms with Crippen molar-refractivity contribution in [2.75, 3.05) is 0 Å². The summed E-state index contributed by atoms with van der Waals surface area (Å²) in [7, 11) is 0. The Morgan fingerprint density at radius 1 is 1.29 bits per heavy atom. The van der Waals surface area contributed by atoms with E-state index in [2.05, 4.69) is 20.9 Å². The minimum absolute atomic E-state index is 0.290. The number of ether oxygens (including phenoxy) is 1. The van der Waals surface area contributed by atoms with Crippen molar-refractivity contribution in [3.63, 3.8) is 0 Å². The Morgan fingerprint density at radius 3 is 2.82 bits per heavy atom. The van der Waals surface area contributed by atoms with Crippen LogP contribution in [0.2, 0.25) is 5.02 Å². The van der Waals surface area contributed by atoms with E-state index in [0.717, 1.165) is 5.69 Å². The molecule has 0 saturated heterocycles. The van der Waals surface area contributed by atoms with Crippen molar-refractivity contribution in [2.24, 2.45) is 0 Å². The zero-order chi connectivity index (χ0) is 12.3. The molecule has 2 aromatic rings. The third-order valence-corrected chi connectivity index (χ3v) is 2.90. The van der Waals surface area contributed by atoms with Gasteiger partial charge in [-0.3, -0.25) is 4.98 Å². The monoisotopic (exact) mass is 315 g/mol. The second-order valence-corrected chi connectivity index (χ2v) is 4.62. The number of benzene rings is 1. The van der Waals surface area contributed by atoms with Crippen LogP contribution < -0.4 is 4.74 Å². The molecule has 1 aromatic carbocycles. The molecule has 1 aromatic heterocycles. The van der Waals surface area contributed by atoms with Crippen molar-refractivity contribution in [3.8, 4) is 5.75 Å². The number of hydrogen-bond acceptors (Lipinski definition) is 2. The van der Waals surface area contributed by atoms with Crippen LogP contribution in [0.1, 0.15) is 5.69 Å². The third-order valence-electron chi connectivity index (χ3n) is 2.06. The van der Waals surface area contributed by atoms with E-state index in [1.54, 1.807) is 30.5 Å². The molecule has 0 bridgehead atoms. The van der Waals surface area contributed by atoms with Crippen LogP contribution in [-0.2, 0) is 6.61 Å². The van der Waals surface area contributed by atoms with Gasteiger partial charge >= 0.3 is 0 Å². The Balaban J connectivity index is 2.05. The molecule has 0 fully saturated rings. The standard InChI is InChI=1S/C12H8BrClFNO/c13-11-6-10(1-2-12(11)15)17-7-9-5-8(14)3-4-16-9/h1-6H,7H2. The minimum atomic E-state index is -0.321. The first-order valence-electron chi connectivity index (χ1n) is 4.83. The second-order valence-electron chi connectivity index (χ2n) is 3.33. The van der Waals surface area contributed by atoms with Crippen molar-refractivity contribution in [1.29, 1.82) is 0 Å². The summed E-state index contributed by atoms with van der Waals surface area (Å²) in [5, 5.41) is 0.610. The topological polar surface area (TPSA) is 22.1 Å². The van der Waals surface area contributed by atoms with E-state index in [4.69, 9.17) is 16.3 Å². The Kier molecular flexibility index (Phi) is 3.97. The quantitative estimate of drug-likeness (QED) is 0.846. The Morgan fingerprint density at radius 2 is 2.12 bits per heavy atom. The maximum absolute atomic E-state index is 13.0. The van der Waals surface area contributed by atoms with Crippen LogP contribution in [-0.4, -0.2) is 4.98 Å². The van der Waals surface area contributed by atoms with Gasteiger partial charge in [0.1, 0.15) is 18.2 Å². The van der Waals surface area contributed by atoms with Gasteiger partial charge in [-0.2, -0.15) is 0 Å². The smallest absolute Gasteiger partial charge is 0.137 e. The van der Waals surface area contributed by atoms with Gasteiger partial charge in [0.05, 0.1) is 10.2 Å². The lowest BCUT2D eigenvalue weighted by Crippen LogP contribution is -1.98. The van der Waals surface area contributed by atoms with Crippen LogP contribution in [0.4, 0.5) is 4.39 Å². The summed E-state index contributed by atoms with van der Waals surface area (Å²) in [6.07, 6.45) is 1.61. The van der Waals surface area contributed by atoms with Gasteiger partial charge in [0.25, 0.3) is 0 Å². The molecule has 5 heteroatoms. The fraction of sp³-hybridized carbons (Fsp3) is 0.0833. The van der Waals surface area contributed by atoms with Crippen LogP contribution in [0.25, 0.3) is 0 Å². The summed E-state index contributed by atoms with van der Waals surface area (Å²) in [6.45, 7) is 0.290. The van der Waals surface area contributed by atoms with Crippen molar-refractivity contribution in [1.82, 2.24) is 4.98 Å². The molecule has 2 rings (SSSR count). The normalized spacial score (nSPS) is 10.3. The molecule has 0 aliphatic heterocycles. The molecule has 88 valence electrons. The maximum Gasteiger partial charge on any atom is 0.137 e. The molecule has 0 spiro atoms. The van der Waals surface area contributed by atoms with Gasteiger partial charge in [-0.25, -0.2) is 4.39 Å². The molecular weight excluding hydrogens is 308 g/mol. The lowest BCUT2D eigenvalue weighted by atomic mass is 10.3. The molecule has 0 aliphatic rings. The van der Waals surface area contributed by atoms with Gasteiger partial charge in [-0.15, -0.1) is 0 Å². The molecule has 0 amide bonds. The molecular formula is C12H8BrClFNO. The largest absolute Gasteiger partial charge is 0.487 e. The number of hydrogen-bond donors (Lipinski definition) is 0. The van der Waals surface area contributed by atoms with Crippen LogP contribution in [0, 0.1) is 5.82 Å². The van der Waals surface area contributed by atoms with Crippen molar-refractivity contribution in [3.05, 3.63) is 57.5 Å². The molecule has 0 radical (unpaired) electrons. The first-order valence-corrected chi connectivity index (χ1v) is 6.00. The molecule has 0 saturated carbocycles. The van der Waals surface area contributed by atoms with E-state index in [1.165, 1.54) is 6.07 Å². The van der Waals surface area contributed by atoms with Crippen molar-refractivity contribution in [2.45, 2.75) is 6.61 Å². The molecule has 0 unspecified atom stereocenters. The first-order chi connectivity index (χ1) is 8.15. The highest BCUT2D eigenvalue weighted by Gasteiger charge is 2.02. The number of aromatic nitrogens is 1. The van der Waals surface area contributed by atoms with E-state index in [0.29, 0.717) is 21.9 Å². The summed E-state index contributed by atoms with van der Waals surface area (Å²) in [5.74, 6) is 0.248. The average molecular weight is 317 g/mol. The summed E-state index contributed by atoms with van der Waals surface area (Å²) in [5.41, 5.74) is 0.720. The van der Waals surface area contributed by atoms with E-state index in [9.17, 15) is 4.39 Å². The van der Waals surface area contributed by atoms with Crippen LogP contribution in [0.3, 0.4) is 0 Å². The Labute approximate surface area is 112 Å². The van der Waals surface area contributed by atoms with E-state index in [-0.39, 0.29) is 5.82 Å². The predicted octanol–water partition coefficient (Wildman–Crippen LogP) is 4.22. The highest BCUT2D eigenvalue weighted by molar-refractivity contribution is 9.10. The van der Waals surface area contributed by atoms with E-state index < -0.39 is 0 Å². The summed E-state index contributed by atoms with van der Waals surface area (Å²) in [6, 6.07) is 7.88. The molecule has 0 atom stereocenters. The zero-order valence-corrected chi connectivity index (χ0v) is 11.0. The second kappa shape index (κ2) is 5.47.